The molecule has 1 aliphatic rings. The minimum Gasteiger partial charge on any atom is -0.366 e. The molecule has 3 rings (SSSR count). The Bertz CT molecular complexity index is 589. The Hall–Kier alpha value is -1.88. The highest BCUT2D eigenvalue weighted by molar-refractivity contribution is 5.28. The van der Waals surface area contributed by atoms with E-state index in [1.165, 1.54) is 11.1 Å². The van der Waals surface area contributed by atoms with Gasteiger partial charge in [-0.15, -0.1) is 5.10 Å². The molecule has 0 bridgehead atoms. The first kappa shape index (κ1) is 12.2. The van der Waals surface area contributed by atoms with E-state index >= 15 is 0 Å². The van der Waals surface area contributed by atoms with Crippen molar-refractivity contribution in [2.45, 2.75) is 38.3 Å². The molecule has 0 radical (unpaired) electrons. The number of hydrogen-bond acceptors (Lipinski definition) is 4. The molecule has 2 atom stereocenters. The summed E-state index contributed by atoms with van der Waals surface area (Å²) in [5.41, 5.74) is 13.9. The van der Waals surface area contributed by atoms with Crippen LogP contribution < -0.4 is 11.5 Å². The molecule has 2 heterocycles. The van der Waals surface area contributed by atoms with Gasteiger partial charge in [0.1, 0.15) is 5.82 Å². The molecule has 0 amide bonds. The van der Waals surface area contributed by atoms with Gasteiger partial charge >= 0.3 is 0 Å². The van der Waals surface area contributed by atoms with Crippen LogP contribution in [0.4, 0.5) is 5.95 Å². The van der Waals surface area contributed by atoms with Gasteiger partial charge in [0.15, 0.2) is 0 Å². The normalized spacial score (nSPS) is 22.2. The Morgan fingerprint density at radius 3 is 3.05 bits per heavy atom. The van der Waals surface area contributed by atoms with Crippen molar-refractivity contribution in [1.29, 1.82) is 0 Å². The fourth-order valence-electron chi connectivity index (χ4n) is 2.96. The number of nitrogens with zero attached hydrogens (tertiary/aromatic N) is 3. The van der Waals surface area contributed by atoms with Gasteiger partial charge in [-0.2, -0.15) is 4.98 Å². The molecule has 2 aromatic rings. The summed E-state index contributed by atoms with van der Waals surface area (Å²) in [6.07, 6.45) is 2.00. The van der Waals surface area contributed by atoms with E-state index in [-0.39, 0.29) is 6.04 Å². The van der Waals surface area contributed by atoms with E-state index in [0.29, 0.717) is 18.4 Å². The van der Waals surface area contributed by atoms with Crippen LogP contribution in [-0.4, -0.2) is 14.8 Å². The Morgan fingerprint density at radius 2 is 2.26 bits per heavy atom. The second-order valence-corrected chi connectivity index (χ2v) is 5.17. The van der Waals surface area contributed by atoms with E-state index in [1.807, 2.05) is 4.68 Å². The molecule has 5 heteroatoms. The largest absolute Gasteiger partial charge is 0.366 e. The molecule has 5 nitrogen and oxygen atoms in total. The SMILES string of the molecule is CC1C(c2cccc(CN)c2)CCc2nc(N)nn21. The molecule has 1 aliphatic heterocycles. The number of benzene rings is 1. The van der Waals surface area contributed by atoms with E-state index in [4.69, 9.17) is 11.5 Å². The molecule has 1 aromatic heterocycles. The number of aromatic nitrogens is 3. The second-order valence-electron chi connectivity index (χ2n) is 5.17. The number of aryl methyl sites for hydroxylation is 1. The summed E-state index contributed by atoms with van der Waals surface area (Å²) in [6.45, 7) is 2.76. The highest BCUT2D eigenvalue weighted by Crippen LogP contribution is 2.37. The molecule has 19 heavy (non-hydrogen) atoms. The van der Waals surface area contributed by atoms with Crippen LogP contribution in [0.3, 0.4) is 0 Å². The summed E-state index contributed by atoms with van der Waals surface area (Å²) in [6, 6.07) is 8.80. The van der Waals surface area contributed by atoms with Gasteiger partial charge in [-0.1, -0.05) is 24.3 Å². The van der Waals surface area contributed by atoms with Crippen molar-refractivity contribution in [1.82, 2.24) is 14.8 Å². The van der Waals surface area contributed by atoms with Gasteiger partial charge < -0.3 is 11.5 Å². The predicted molar refractivity (Wildman–Crippen MR) is 74.5 cm³/mol. The Morgan fingerprint density at radius 1 is 1.42 bits per heavy atom. The minimum absolute atomic E-state index is 0.279. The first-order valence-corrected chi connectivity index (χ1v) is 6.69. The zero-order chi connectivity index (χ0) is 13.4. The van der Waals surface area contributed by atoms with Crippen LogP contribution in [-0.2, 0) is 13.0 Å². The lowest BCUT2D eigenvalue weighted by molar-refractivity contribution is 0.338. The predicted octanol–water partition coefficient (Wildman–Crippen LogP) is 1.61. The third-order valence-electron chi connectivity index (χ3n) is 3.98. The molecule has 1 aromatic carbocycles. The topological polar surface area (TPSA) is 82.8 Å². The summed E-state index contributed by atoms with van der Waals surface area (Å²) in [7, 11) is 0. The summed E-state index contributed by atoms with van der Waals surface area (Å²) in [4.78, 5) is 4.27. The van der Waals surface area contributed by atoms with Gasteiger partial charge in [0.05, 0.1) is 6.04 Å². The average molecular weight is 257 g/mol. The summed E-state index contributed by atoms with van der Waals surface area (Å²) >= 11 is 0. The van der Waals surface area contributed by atoms with Crippen LogP contribution in [0.15, 0.2) is 24.3 Å². The van der Waals surface area contributed by atoms with Crippen molar-refractivity contribution >= 4 is 5.95 Å². The molecule has 0 saturated heterocycles. The molecule has 0 fully saturated rings. The smallest absolute Gasteiger partial charge is 0.239 e. The fourth-order valence-corrected chi connectivity index (χ4v) is 2.96. The van der Waals surface area contributed by atoms with Crippen molar-refractivity contribution in [3.63, 3.8) is 0 Å². The molecule has 0 saturated carbocycles. The number of fused-ring (bicyclic) bond motifs is 1. The molecular weight excluding hydrogens is 238 g/mol. The van der Waals surface area contributed by atoms with E-state index in [0.717, 1.165) is 18.7 Å². The second kappa shape index (κ2) is 4.66. The monoisotopic (exact) mass is 257 g/mol. The average Bonchev–Trinajstić information content (AvgIpc) is 2.81. The standard InChI is InChI=1S/C14H19N5/c1-9-12(11-4-2-3-10(7-11)8-15)5-6-13-17-14(16)18-19(9)13/h2-4,7,9,12H,5-6,8,15H2,1H3,(H2,16,18). The lowest BCUT2D eigenvalue weighted by Gasteiger charge is -2.30. The van der Waals surface area contributed by atoms with Crippen LogP contribution in [0.25, 0.3) is 0 Å². The van der Waals surface area contributed by atoms with Crippen LogP contribution in [0.2, 0.25) is 0 Å². The van der Waals surface area contributed by atoms with E-state index < -0.39 is 0 Å². The fraction of sp³-hybridized carbons (Fsp3) is 0.429. The Balaban J connectivity index is 1.94. The van der Waals surface area contributed by atoms with Gasteiger partial charge in [-0.25, -0.2) is 4.68 Å². The molecular formula is C14H19N5. The van der Waals surface area contributed by atoms with E-state index in [1.54, 1.807) is 0 Å². The highest BCUT2D eigenvalue weighted by Gasteiger charge is 2.29. The summed E-state index contributed by atoms with van der Waals surface area (Å²) in [5.74, 6) is 1.81. The molecule has 100 valence electrons. The van der Waals surface area contributed by atoms with Gasteiger partial charge in [0.2, 0.25) is 5.95 Å². The van der Waals surface area contributed by atoms with Crippen LogP contribution in [0.1, 0.15) is 42.3 Å². The maximum absolute atomic E-state index is 5.72. The van der Waals surface area contributed by atoms with E-state index in [9.17, 15) is 0 Å². The van der Waals surface area contributed by atoms with Crippen molar-refractivity contribution in [2.24, 2.45) is 5.73 Å². The lowest BCUT2D eigenvalue weighted by Crippen LogP contribution is -2.24. The molecule has 0 spiro atoms. The van der Waals surface area contributed by atoms with Crippen molar-refractivity contribution < 1.29 is 0 Å². The third-order valence-corrected chi connectivity index (χ3v) is 3.98. The first-order chi connectivity index (χ1) is 9.19. The van der Waals surface area contributed by atoms with Crippen LogP contribution in [0.5, 0.6) is 0 Å². The molecule has 2 unspecified atom stereocenters. The quantitative estimate of drug-likeness (QED) is 0.856. The minimum atomic E-state index is 0.279. The van der Waals surface area contributed by atoms with Crippen molar-refractivity contribution in [3.8, 4) is 0 Å². The highest BCUT2D eigenvalue weighted by atomic mass is 15.4. The number of nitrogen functional groups attached to an aromatic ring is 1. The number of anilines is 1. The molecule has 0 aliphatic carbocycles. The molecule has 4 N–H and O–H groups in total. The Kier molecular flexibility index (Phi) is 2.98. The van der Waals surface area contributed by atoms with Crippen molar-refractivity contribution in [3.05, 3.63) is 41.2 Å². The summed E-state index contributed by atoms with van der Waals surface area (Å²) in [5, 5.41) is 4.31. The lowest BCUT2D eigenvalue weighted by atomic mass is 9.85. The van der Waals surface area contributed by atoms with Gasteiger partial charge in [0, 0.05) is 18.9 Å². The maximum Gasteiger partial charge on any atom is 0.239 e. The zero-order valence-electron chi connectivity index (χ0n) is 11.1. The third kappa shape index (κ3) is 2.10. The zero-order valence-corrected chi connectivity index (χ0v) is 11.1. The van der Waals surface area contributed by atoms with E-state index in [2.05, 4.69) is 41.3 Å². The number of nitrogens with two attached hydrogens (primary N) is 2. The summed E-state index contributed by atoms with van der Waals surface area (Å²) < 4.78 is 1.97. The number of hydrogen-bond donors (Lipinski definition) is 2. The number of rotatable bonds is 2. The maximum atomic E-state index is 5.72. The van der Waals surface area contributed by atoms with Gasteiger partial charge in [-0.3, -0.25) is 0 Å². The van der Waals surface area contributed by atoms with Crippen LogP contribution in [0, 0.1) is 0 Å². The van der Waals surface area contributed by atoms with Gasteiger partial charge in [0.25, 0.3) is 0 Å². The van der Waals surface area contributed by atoms with Crippen molar-refractivity contribution in [2.75, 3.05) is 5.73 Å². The van der Waals surface area contributed by atoms with Gasteiger partial charge in [-0.05, 0) is 24.5 Å². The first-order valence-electron chi connectivity index (χ1n) is 6.69. The Labute approximate surface area is 112 Å². The van der Waals surface area contributed by atoms with Crippen LogP contribution >= 0.6 is 0 Å².